The first kappa shape index (κ1) is 9.10. The highest BCUT2D eigenvalue weighted by molar-refractivity contribution is 7.97. The van der Waals surface area contributed by atoms with Gasteiger partial charge in [-0.2, -0.15) is 0 Å². The molecule has 0 saturated carbocycles. The molecule has 2 heteroatoms. The van der Waals surface area contributed by atoms with Crippen LogP contribution in [0.5, 0.6) is 0 Å². The molecule has 0 spiro atoms. The van der Waals surface area contributed by atoms with E-state index >= 15 is 0 Å². The first-order valence-corrected chi connectivity index (χ1v) is 5.62. The Bertz CT molecular complexity index is 242. The zero-order chi connectivity index (χ0) is 8.93. The third kappa shape index (κ3) is 2.75. The number of nitrogens with zero attached hydrogens (tertiary/aromatic N) is 1. The summed E-state index contributed by atoms with van der Waals surface area (Å²) in [6.07, 6.45) is 4.09. The molecule has 1 radical (unpaired) electrons. The van der Waals surface area contributed by atoms with Crippen molar-refractivity contribution in [3.8, 4) is 0 Å². The first-order chi connectivity index (χ1) is 6.45. The number of rotatable bonds is 2. The summed E-state index contributed by atoms with van der Waals surface area (Å²) in [5.41, 5.74) is 0. The van der Waals surface area contributed by atoms with Gasteiger partial charge in [-0.25, -0.2) is 4.31 Å². The van der Waals surface area contributed by atoms with Crippen molar-refractivity contribution in [3.05, 3.63) is 30.3 Å². The molecule has 1 aromatic carbocycles. The van der Waals surface area contributed by atoms with Crippen molar-refractivity contribution < 1.29 is 0 Å². The van der Waals surface area contributed by atoms with Crippen LogP contribution in [-0.4, -0.2) is 17.4 Å². The van der Waals surface area contributed by atoms with E-state index in [-0.39, 0.29) is 0 Å². The van der Waals surface area contributed by atoms with Gasteiger partial charge in [-0.1, -0.05) is 24.6 Å². The number of hydrogen-bond acceptors (Lipinski definition) is 2. The molecule has 1 aliphatic heterocycles. The van der Waals surface area contributed by atoms with Crippen LogP contribution in [0, 0.1) is 6.07 Å². The maximum absolute atomic E-state index is 3.24. The normalized spacial score (nSPS) is 18.8. The molecule has 1 aliphatic rings. The van der Waals surface area contributed by atoms with E-state index in [4.69, 9.17) is 0 Å². The predicted molar refractivity (Wildman–Crippen MR) is 56.6 cm³/mol. The summed E-state index contributed by atoms with van der Waals surface area (Å²) in [5.74, 6) is 0. The van der Waals surface area contributed by atoms with Crippen molar-refractivity contribution in [3.63, 3.8) is 0 Å². The fourth-order valence-electron chi connectivity index (χ4n) is 1.53. The Labute approximate surface area is 84.3 Å². The van der Waals surface area contributed by atoms with Crippen LogP contribution in [0.2, 0.25) is 0 Å². The molecule has 69 valence electrons. The van der Waals surface area contributed by atoms with Crippen LogP contribution in [0.1, 0.15) is 19.3 Å². The highest BCUT2D eigenvalue weighted by Gasteiger charge is 2.10. The van der Waals surface area contributed by atoms with Gasteiger partial charge in [-0.05, 0) is 36.9 Å². The van der Waals surface area contributed by atoms with E-state index in [2.05, 4.69) is 22.5 Å². The van der Waals surface area contributed by atoms with Crippen molar-refractivity contribution in [2.75, 3.05) is 13.1 Å². The highest BCUT2D eigenvalue weighted by Crippen LogP contribution is 2.24. The summed E-state index contributed by atoms with van der Waals surface area (Å²) in [5, 5.41) is 0. The Hall–Kier alpha value is -0.470. The SMILES string of the molecule is [c]1ccccc1SN1CCCCC1. The van der Waals surface area contributed by atoms with Crippen molar-refractivity contribution >= 4 is 11.9 Å². The fourth-order valence-corrected chi connectivity index (χ4v) is 2.51. The second-order valence-corrected chi connectivity index (χ2v) is 4.45. The summed E-state index contributed by atoms with van der Waals surface area (Å²) in [4.78, 5) is 1.24. The molecule has 1 aromatic rings. The lowest BCUT2D eigenvalue weighted by molar-refractivity contribution is 0.380. The van der Waals surface area contributed by atoms with Crippen LogP contribution < -0.4 is 0 Å². The van der Waals surface area contributed by atoms with E-state index in [1.165, 1.54) is 37.2 Å². The molecule has 0 N–H and O–H groups in total. The topological polar surface area (TPSA) is 3.24 Å². The lowest BCUT2D eigenvalue weighted by atomic mass is 10.2. The van der Waals surface area contributed by atoms with Crippen LogP contribution in [0.15, 0.2) is 29.2 Å². The minimum atomic E-state index is 1.23. The van der Waals surface area contributed by atoms with E-state index in [1.54, 1.807) is 0 Å². The average Bonchev–Trinajstić information content (AvgIpc) is 2.21. The lowest BCUT2D eigenvalue weighted by Crippen LogP contribution is -2.22. The van der Waals surface area contributed by atoms with Crippen molar-refractivity contribution in [2.24, 2.45) is 0 Å². The van der Waals surface area contributed by atoms with Gasteiger partial charge in [0.05, 0.1) is 0 Å². The third-order valence-electron chi connectivity index (χ3n) is 2.22. The molecule has 0 aliphatic carbocycles. The van der Waals surface area contributed by atoms with E-state index in [9.17, 15) is 0 Å². The lowest BCUT2D eigenvalue weighted by Gasteiger charge is -2.24. The summed E-state index contributed by atoms with van der Waals surface area (Å²) < 4.78 is 2.44. The second kappa shape index (κ2) is 4.68. The van der Waals surface area contributed by atoms with Gasteiger partial charge >= 0.3 is 0 Å². The number of benzene rings is 1. The van der Waals surface area contributed by atoms with Crippen molar-refractivity contribution in [1.29, 1.82) is 0 Å². The van der Waals surface area contributed by atoms with Gasteiger partial charge in [0, 0.05) is 18.0 Å². The minimum Gasteiger partial charge on any atom is -0.246 e. The summed E-state index contributed by atoms with van der Waals surface area (Å²) >= 11 is 1.84. The van der Waals surface area contributed by atoms with Gasteiger partial charge < -0.3 is 0 Å². The molecule has 2 rings (SSSR count). The first-order valence-electron chi connectivity index (χ1n) is 4.85. The van der Waals surface area contributed by atoms with E-state index in [0.29, 0.717) is 0 Å². The zero-order valence-corrected chi connectivity index (χ0v) is 8.52. The molecule has 0 bridgehead atoms. The Balaban J connectivity index is 1.90. The van der Waals surface area contributed by atoms with Gasteiger partial charge in [0.25, 0.3) is 0 Å². The molecule has 1 saturated heterocycles. The smallest absolute Gasteiger partial charge is 0.0309 e. The summed E-state index contributed by atoms with van der Waals surface area (Å²) in [6, 6.07) is 11.4. The van der Waals surface area contributed by atoms with Gasteiger partial charge in [-0.3, -0.25) is 0 Å². The Morgan fingerprint density at radius 2 is 2.00 bits per heavy atom. The quantitative estimate of drug-likeness (QED) is 0.663. The summed E-state index contributed by atoms with van der Waals surface area (Å²) in [6.45, 7) is 2.46. The standard InChI is InChI=1S/C11H14NS/c1-3-7-11(8-4-1)13-12-9-5-2-6-10-12/h1,3-4,7H,2,5-6,9-10H2. The Kier molecular flexibility index (Phi) is 3.27. The van der Waals surface area contributed by atoms with E-state index < -0.39 is 0 Å². The van der Waals surface area contributed by atoms with Crippen LogP contribution in [0.25, 0.3) is 0 Å². The minimum absolute atomic E-state index is 1.23. The molecule has 1 nitrogen and oxygen atoms in total. The largest absolute Gasteiger partial charge is 0.246 e. The van der Waals surface area contributed by atoms with Crippen LogP contribution in [-0.2, 0) is 0 Å². The number of piperidine rings is 1. The molecule has 0 unspecified atom stereocenters. The predicted octanol–water partition coefficient (Wildman–Crippen LogP) is 2.98. The molecule has 1 heterocycles. The maximum Gasteiger partial charge on any atom is 0.0309 e. The van der Waals surface area contributed by atoms with Crippen LogP contribution in [0.4, 0.5) is 0 Å². The fraction of sp³-hybridized carbons (Fsp3) is 0.455. The number of hydrogen-bond donors (Lipinski definition) is 0. The molecule has 1 fully saturated rings. The van der Waals surface area contributed by atoms with Crippen LogP contribution >= 0.6 is 11.9 Å². The van der Waals surface area contributed by atoms with Gasteiger partial charge in [0.15, 0.2) is 0 Å². The van der Waals surface area contributed by atoms with Gasteiger partial charge in [0.2, 0.25) is 0 Å². The molecule has 0 aromatic heterocycles. The average molecular weight is 192 g/mol. The Morgan fingerprint density at radius 1 is 1.15 bits per heavy atom. The highest BCUT2D eigenvalue weighted by atomic mass is 32.2. The Morgan fingerprint density at radius 3 is 2.69 bits per heavy atom. The van der Waals surface area contributed by atoms with E-state index in [0.717, 1.165) is 0 Å². The maximum atomic E-state index is 3.24. The van der Waals surface area contributed by atoms with Gasteiger partial charge in [0.1, 0.15) is 0 Å². The van der Waals surface area contributed by atoms with Crippen molar-refractivity contribution in [1.82, 2.24) is 4.31 Å². The van der Waals surface area contributed by atoms with Crippen LogP contribution in [0.3, 0.4) is 0 Å². The second-order valence-electron chi connectivity index (χ2n) is 3.31. The summed E-state index contributed by atoms with van der Waals surface area (Å²) in [7, 11) is 0. The van der Waals surface area contributed by atoms with Crippen molar-refractivity contribution in [2.45, 2.75) is 24.2 Å². The molecular formula is C11H14NS. The molecule has 13 heavy (non-hydrogen) atoms. The molecule has 0 amide bonds. The zero-order valence-electron chi connectivity index (χ0n) is 7.70. The monoisotopic (exact) mass is 192 g/mol. The molecular weight excluding hydrogens is 178 g/mol. The third-order valence-corrected chi connectivity index (χ3v) is 3.30. The van der Waals surface area contributed by atoms with Gasteiger partial charge in [-0.15, -0.1) is 0 Å². The molecule has 0 atom stereocenters. The van der Waals surface area contributed by atoms with E-state index in [1.807, 2.05) is 24.1 Å².